The molecule has 2 atom stereocenters. The van der Waals surface area contributed by atoms with E-state index in [1.54, 1.807) is 0 Å². The minimum Gasteiger partial charge on any atom is -0.378 e. The number of rotatable bonds is 6. The Labute approximate surface area is 124 Å². The summed E-state index contributed by atoms with van der Waals surface area (Å²) in [5, 5.41) is 8.05. The van der Waals surface area contributed by atoms with Crippen molar-refractivity contribution in [2.24, 2.45) is 7.05 Å². The Kier molecular flexibility index (Phi) is 5.42. The van der Waals surface area contributed by atoms with Crippen molar-refractivity contribution in [2.75, 3.05) is 13.2 Å². The molecule has 0 radical (unpaired) electrons. The van der Waals surface area contributed by atoms with Gasteiger partial charge in [0.25, 0.3) is 0 Å². The van der Waals surface area contributed by atoms with Gasteiger partial charge in [-0.2, -0.15) is 5.10 Å². The van der Waals surface area contributed by atoms with Crippen LogP contribution in [0.1, 0.15) is 37.6 Å². The van der Waals surface area contributed by atoms with E-state index >= 15 is 0 Å². The Morgan fingerprint density at radius 2 is 2.37 bits per heavy atom. The maximum absolute atomic E-state index is 5.76. The summed E-state index contributed by atoms with van der Waals surface area (Å²) >= 11 is 3.65. The van der Waals surface area contributed by atoms with Crippen LogP contribution in [0.15, 0.2) is 4.47 Å². The molecule has 108 valence electrons. The van der Waals surface area contributed by atoms with Crippen LogP contribution in [-0.2, 0) is 18.2 Å². The van der Waals surface area contributed by atoms with Gasteiger partial charge in [-0.3, -0.25) is 4.68 Å². The highest BCUT2D eigenvalue weighted by Gasteiger charge is 2.22. The van der Waals surface area contributed by atoms with Gasteiger partial charge in [0.1, 0.15) is 0 Å². The second kappa shape index (κ2) is 6.86. The Morgan fingerprint density at radius 1 is 1.58 bits per heavy atom. The fourth-order valence-electron chi connectivity index (χ4n) is 2.81. The number of aromatic nitrogens is 2. The maximum Gasteiger partial charge on any atom is 0.0738 e. The molecule has 1 aliphatic heterocycles. The van der Waals surface area contributed by atoms with Crippen molar-refractivity contribution < 1.29 is 4.74 Å². The average Bonchev–Trinajstić information content (AvgIpc) is 2.94. The van der Waals surface area contributed by atoms with Crippen molar-refractivity contribution in [3.05, 3.63) is 15.9 Å². The van der Waals surface area contributed by atoms with E-state index in [4.69, 9.17) is 4.74 Å². The van der Waals surface area contributed by atoms with E-state index in [0.717, 1.165) is 36.2 Å². The zero-order valence-electron chi connectivity index (χ0n) is 12.1. The molecule has 2 heterocycles. The molecule has 1 aromatic rings. The predicted octanol–water partition coefficient (Wildman–Crippen LogP) is 2.58. The van der Waals surface area contributed by atoms with E-state index in [1.165, 1.54) is 18.5 Å². The lowest BCUT2D eigenvalue weighted by atomic mass is 10.0. The zero-order valence-corrected chi connectivity index (χ0v) is 13.7. The fourth-order valence-corrected chi connectivity index (χ4v) is 3.31. The third-order valence-electron chi connectivity index (χ3n) is 3.77. The first-order valence-corrected chi connectivity index (χ1v) is 7.94. The monoisotopic (exact) mass is 329 g/mol. The molecule has 0 aliphatic carbocycles. The summed E-state index contributed by atoms with van der Waals surface area (Å²) in [4.78, 5) is 0. The van der Waals surface area contributed by atoms with E-state index in [1.807, 2.05) is 18.7 Å². The minimum atomic E-state index is 0.428. The molecular weight excluding hydrogens is 306 g/mol. The number of aryl methyl sites for hydroxylation is 2. The Morgan fingerprint density at radius 3 is 2.89 bits per heavy atom. The van der Waals surface area contributed by atoms with Crippen LogP contribution < -0.4 is 5.32 Å². The number of hydrogen-bond acceptors (Lipinski definition) is 3. The van der Waals surface area contributed by atoms with Gasteiger partial charge < -0.3 is 10.1 Å². The topological polar surface area (TPSA) is 39.1 Å². The van der Waals surface area contributed by atoms with Crippen molar-refractivity contribution in [3.8, 4) is 0 Å². The largest absolute Gasteiger partial charge is 0.378 e. The van der Waals surface area contributed by atoms with Crippen molar-refractivity contribution in [3.63, 3.8) is 0 Å². The molecule has 5 heteroatoms. The zero-order chi connectivity index (χ0) is 13.8. The van der Waals surface area contributed by atoms with Gasteiger partial charge in [-0.25, -0.2) is 0 Å². The summed E-state index contributed by atoms with van der Waals surface area (Å²) in [5.41, 5.74) is 2.33. The fraction of sp³-hybridized carbons (Fsp3) is 0.786. The molecule has 0 amide bonds. The lowest BCUT2D eigenvalue weighted by Gasteiger charge is -2.21. The van der Waals surface area contributed by atoms with Gasteiger partial charge in [0.15, 0.2) is 0 Å². The number of nitrogens with zero attached hydrogens (tertiary/aromatic N) is 2. The van der Waals surface area contributed by atoms with Crippen LogP contribution in [0.2, 0.25) is 0 Å². The van der Waals surface area contributed by atoms with E-state index in [2.05, 4.69) is 33.3 Å². The highest BCUT2D eigenvalue weighted by atomic mass is 79.9. The van der Waals surface area contributed by atoms with Crippen LogP contribution in [0, 0.1) is 6.92 Å². The number of ether oxygens (including phenoxy) is 1. The van der Waals surface area contributed by atoms with Gasteiger partial charge in [-0.05, 0) is 48.7 Å². The Hall–Kier alpha value is -0.390. The molecule has 4 nitrogen and oxygen atoms in total. The molecule has 0 saturated carbocycles. The SMILES string of the molecule is CCNC(Cc1c(Br)c(C)nn1C)CC1CCCO1. The van der Waals surface area contributed by atoms with Crippen LogP contribution in [-0.4, -0.2) is 35.1 Å². The molecule has 2 rings (SSSR count). The lowest BCUT2D eigenvalue weighted by molar-refractivity contribution is 0.0945. The number of likely N-dealkylation sites (N-methyl/N-ethyl adjacent to an activating group) is 1. The van der Waals surface area contributed by atoms with Crippen LogP contribution in [0.3, 0.4) is 0 Å². The van der Waals surface area contributed by atoms with Crippen LogP contribution in [0.25, 0.3) is 0 Å². The minimum absolute atomic E-state index is 0.428. The Balaban J connectivity index is 2.02. The quantitative estimate of drug-likeness (QED) is 0.871. The summed E-state index contributed by atoms with van der Waals surface area (Å²) < 4.78 is 8.89. The highest BCUT2D eigenvalue weighted by Crippen LogP contribution is 2.24. The summed E-state index contributed by atoms with van der Waals surface area (Å²) in [6.45, 7) is 6.12. The molecule has 1 saturated heterocycles. The number of halogens is 1. The van der Waals surface area contributed by atoms with Gasteiger partial charge in [0.05, 0.1) is 22.0 Å². The lowest BCUT2D eigenvalue weighted by Crippen LogP contribution is -2.35. The van der Waals surface area contributed by atoms with Crippen LogP contribution in [0.4, 0.5) is 0 Å². The molecule has 2 unspecified atom stereocenters. The van der Waals surface area contributed by atoms with E-state index in [0.29, 0.717) is 12.1 Å². The van der Waals surface area contributed by atoms with Gasteiger partial charge >= 0.3 is 0 Å². The Bertz CT molecular complexity index is 413. The van der Waals surface area contributed by atoms with Crippen molar-refractivity contribution in [2.45, 2.75) is 51.7 Å². The molecule has 0 bridgehead atoms. The first-order valence-electron chi connectivity index (χ1n) is 7.14. The first kappa shape index (κ1) is 15.0. The number of hydrogen-bond donors (Lipinski definition) is 1. The standard InChI is InChI=1S/C14H24BrN3O/c1-4-16-11(8-12-6-5-7-19-12)9-13-14(15)10(2)17-18(13)3/h11-12,16H,4-9H2,1-3H3. The summed E-state index contributed by atoms with van der Waals surface area (Å²) in [7, 11) is 2.02. The van der Waals surface area contributed by atoms with Gasteiger partial charge in [0.2, 0.25) is 0 Å². The average molecular weight is 330 g/mol. The predicted molar refractivity (Wildman–Crippen MR) is 80.4 cm³/mol. The molecule has 1 N–H and O–H groups in total. The first-order chi connectivity index (χ1) is 9.11. The smallest absolute Gasteiger partial charge is 0.0738 e. The molecular formula is C14H24BrN3O. The van der Waals surface area contributed by atoms with E-state index in [9.17, 15) is 0 Å². The normalized spacial score (nSPS) is 20.9. The third kappa shape index (κ3) is 3.80. The molecule has 0 aromatic carbocycles. The maximum atomic E-state index is 5.76. The number of nitrogens with one attached hydrogen (secondary N) is 1. The van der Waals surface area contributed by atoms with E-state index in [-0.39, 0.29) is 0 Å². The molecule has 19 heavy (non-hydrogen) atoms. The van der Waals surface area contributed by atoms with Crippen molar-refractivity contribution in [1.29, 1.82) is 0 Å². The van der Waals surface area contributed by atoms with E-state index < -0.39 is 0 Å². The molecule has 1 fully saturated rings. The summed E-state index contributed by atoms with van der Waals surface area (Å²) in [5.74, 6) is 0. The molecule has 0 spiro atoms. The summed E-state index contributed by atoms with van der Waals surface area (Å²) in [6.07, 6.45) is 4.92. The molecule has 1 aromatic heterocycles. The van der Waals surface area contributed by atoms with Gasteiger partial charge in [-0.15, -0.1) is 0 Å². The van der Waals surface area contributed by atoms with Crippen molar-refractivity contribution in [1.82, 2.24) is 15.1 Å². The highest BCUT2D eigenvalue weighted by molar-refractivity contribution is 9.10. The summed E-state index contributed by atoms with van der Waals surface area (Å²) in [6, 6.07) is 0.458. The second-order valence-corrected chi connectivity index (χ2v) is 6.09. The molecule has 1 aliphatic rings. The van der Waals surface area contributed by atoms with Crippen molar-refractivity contribution >= 4 is 15.9 Å². The van der Waals surface area contributed by atoms with Gasteiger partial charge in [-0.1, -0.05) is 6.92 Å². The van der Waals surface area contributed by atoms with Gasteiger partial charge in [0, 0.05) is 26.1 Å². The third-order valence-corrected chi connectivity index (χ3v) is 4.80. The van der Waals surface area contributed by atoms with Crippen LogP contribution in [0.5, 0.6) is 0 Å². The van der Waals surface area contributed by atoms with Crippen LogP contribution >= 0.6 is 15.9 Å². The second-order valence-electron chi connectivity index (χ2n) is 5.30.